The quantitative estimate of drug-likeness (QED) is 0.709. The molecule has 0 atom stereocenters. The van der Waals surface area contributed by atoms with Crippen LogP contribution in [0.2, 0.25) is 0 Å². The van der Waals surface area contributed by atoms with Gasteiger partial charge in [-0.15, -0.1) is 10.2 Å². The molecule has 4 heterocycles. The number of alkyl halides is 1. The van der Waals surface area contributed by atoms with E-state index in [2.05, 4.69) is 30.4 Å². The van der Waals surface area contributed by atoms with Gasteiger partial charge in [-0.05, 0) is 50.4 Å². The van der Waals surface area contributed by atoms with Crippen LogP contribution in [0.15, 0.2) is 24.5 Å². The maximum absolute atomic E-state index is 12.6. The van der Waals surface area contributed by atoms with Crippen molar-refractivity contribution < 1.29 is 9.18 Å². The summed E-state index contributed by atoms with van der Waals surface area (Å²) < 4.78 is 12.4. The molecule has 7 nitrogen and oxygen atoms in total. The fourth-order valence-electron chi connectivity index (χ4n) is 3.39. The van der Waals surface area contributed by atoms with Crippen molar-refractivity contribution in [1.29, 1.82) is 0 Å². The second-order valence-corrected chi connectivity index (χ2v) is 8.09. The number of halogens is 1. The Hall–Kier alpha value is -2.52. The van der Waals surface area contributed by atoms with Crippen LogP contribution < -0.4 is 5.32 Å². The zero-order valence-corrected chi connectivity index (χ0v) is 16.4. The Morgan fingerprint density at radius 2 is 2.00 bits per heavy atom. The number of rotatable bonds is 5. The number of likely N-dealkylation sites (tertiary alicyclic amines) is 1. The number of carbonyl (C=O) groups excluding carboxylic acids is 1. The molecule has 0 bridgehead atoms. The van der Waals surface area contributed by atoms with Gasteiger partial charge in [0.1, 0.15) is 23.2 Å². The van der Waals surface area contributed by atoms with E-state index in [1.807, 2.05) is 19.1 Å². The lowest BCUT2D eigenvalue weighted by molar-refractivity contribution is -0.121. The molecule has 1 aliphatic rings. The highest BCUT2D eigenvalue weighted by Gasteiger charge is 2.25. The Morgan fingerprint density at radius 1 is 1.21 bits per heavy atom. The van der Waals surface area contributed by atoms with Gasteiger partial charge in [0.05, 0.1) is 0 Å². The van der Waals surface area contributed by atoms with Crippen molar-refractivity contribution in [2.45, 2.75) is 19.8 Å². The first-order valence-electron chi connectivity index (χ1n) is 9.28. The Kier molecular flexibility index (Phi) is 5.54. The molecule has 3 aromatic heterocycles. The average Bonchev–Trinajstić information content (AvgIpc) is 3.14. The van der Waals surface area contributed by atoms with Gasteiger partial charge in [-0.25, -0.2) is 9.37 Å². The normalized spacial score (nSPS) is 15.8. The Balaban J connectivity index is 1.47. The second kappa shape index (κ2) is 8.24. The van der Waals surface area contributed by atoms with Gasteiger partial charge < -0.3 is 10.2 Å². The highest BCUT2D eigenvalue weighted by Crippen LogP contribution is 2.26. The zero-order chi connectivity index (χ0) is 19.5. The molecule has 1 aliphatic heterocycles. The fourth-order valence-corrected chi connectivity index (χ4v) is 4.05. The Morgan fingerprint density at radius 3 is 2.71 bits per heavy atom. The van der Waals surface area contributed by atoms with Crippen LogP contribution in [-0.4, -0.2) is 57.3 Å². The summed E-state index contributed by atoms with van der Waals surface area (Å²) in [5.74, 6) is 0.431. The predicted molar refractivity (Wildman–Crippen MR) is 107 cm³/mol. The zero-order valence-electron chi connectivity index (χ0n) is 15.6. The SMILES string of the molecule is Cc1nnc(-c2cc3cc(NC(=O)C4CCN(CCF)CC4)ncc3cn2)s1. The predicted octanol–water partition coefficient (Wildman–Crippen LogP) is 3.08. The average molecular weight is 400 g/mol. The van der Waals surface area contributed by atoms with E-state index in [4.69, 9.17) is 0 Å². The van der Waals surface area contributed by atoms with E-state index >= 15 is 0 Å². The monoisotopic (exact) mass is 400 g/mol. The molecule has 0 unspecified atom stereocenters. The highest BCUT2D eigenvalue weighted by molar-refractivity contribution is 7.14. The van der Waals surface area contributed by atoms with Gasteiger partial charge in [0.25, 0.3) is 0 Å². The Bertz CT molecular complexity index is 985. The van der Waals surface area contributed by atoms with Crippen molar-refractivity contribution in [1.82, 2.24) is 25.1 Å². The summed E-state index contributed by atoms with van der Waals surface area (Å²) in [7, 11) is 0. The van der Waals surface area contributed by atoms with Gasteiger partial charge in [0.15, 0.2) is 5.01 Å². The van der Waals surface area contributed by atoms with Crippen LogP contribution in [-0.2, 0) is 4.79 Å². The maximum Gasteiger partial charge on any atom is 0.228 e. The van der Waals surface area contributed by atoms with Crippen LogP contribution >= 0.6 is 11.3 Å². The van der Waals surface area contributed by atoms with Gasteiger partial charge in [-0.1, -0.05) is 11.3 Å². The molecule has 3 aromatic rings. The van der Waals surface area contributed by atoms with Crippen LogP contribution in [0.25, 0.3) is 21.5 Å². The summed E-state index contributed by atoms with van der Waals surface area (Å²) in [4.78, 5) is 23.4. The molecule has 0 aromatic carbocycles. The number of fused-ring (bicyclic) bond motifs is 1. The summed E-state index contributed by atoms with van der Waals surface area (Å²) >= 11 is 1.49. The van der Waals surface area contributed by atoms with Crippen LogP contribution in [0.5, 0.6) is 0 Å². The van der Waals surface area contributed by atoms with Gasteiger partial charge in [-0.2, -0.15) is 0 Å². The molecular formula is C19H21FN6OS. The van der Waals surface area contributed by atoms with Crippen molar-refractivity contribution >= 4 is 33.8 Å². The molecule has 146 valence electrons. The van der Waals surface area contributed by atoms with Crippen molar-refractivity contribution in [3.8, 4) is 10.7 Å². The lowest BCUT2D eigenvalue weighted by Gasteiger charge is -2.30. The van der Waals surface area contributed by atoms with Gasteiger partial charge in [-0.3, -0.25) is 9.78 Å². The number of hydrogen-bond acceptors (Lipinski definition) is 7. The van der Waals surface area contributed by atoms with Crippen molar-refractivity contribution in [3.63, 3.8) is 0 Å². The first-order chi connectivity index (χ1) is 13.6. The summed E-state index contributed by atoms with van der Waals surface area (Å²) in [6, 6.07) is 3.78. The number of aryl methyl sites for hydroxylation is 1. The van der Waals surface area contributed by atoms with Crippen LogP contribution in [0.3, 0.4) is 0 Å². The molecule has 1 fully saturated rings. The third-order valence-electron chi connectivity index (χ3n) is 4.96. The minimum Gasteiger partial charge on any atom is -0.310 e. The molecule has 1 saturated heterocycles. The van der Waals surface area contributed by atoms with Gasteiger partial charge in [0, 0.05) is 30.2 Å². The second-order valence-electron chi connectivity index (χ2n) is 6.91. The van der Waals surface area contributed by atoms with Crippen molar-refractivity contribution in [3.05, 3.63) is 29.5 Å². The number of anilines is 1. The van der Waals surface area contributed by atoms with Crippen molar-refractivity contribution in [2.75, 3.05) is 31.6 Å². The molecule has 0 spiro atoms. The van der Waals surface area contributed by atoms with Crippen LogP contribution in [0, 0.1) is 12.8 Å². The minimum atomic E-state index is -0.342. The topological polar surface area (TPSA) is 83.9 Å². The standard InChI is InChI=1S/C19H21FN6OS/c1-12-24-25-19(28-12)16-8-14-9-17(22-11-15(14)10-21-16)23-18(27)13-2-5-26(6-3-13)7-4-20/h8-11,13H,2-7H2,1H3,(H,22,23,27). The molecular weight excluding hydrogens is 379 g/mol. The van der Waals surface area contributed by atoms with Crippen molar-refractivity contribution in [2.24, 2.45) is 5.92 Å². The summed E-state index contributed by atoms with van der Waals surface area (Å²) in [5, 5.41) is 14.6. The van der Waals surface area contributed by atoms with E-state index in [9.17, 15) is 9.18 Å². The lowest BCUT2D eigenvalue weighted by Crippen LogP contribution is -2.39. The number of pyridine rings is 2. The summed E-state index contributed by atoms with van der Waals surface area (Å²) in [6.07, 6.45) is 4.94. The van der Waals surface area contributed by atoms with E-state index in [0.717, 1.165) is 52.4 Å². The molecule has 28 heavy (non-hydrogen) atoms. The first-order valence-corrected chi connectivity index (χ1v) is 10.1. The maximum atomic E-state index is 12.6. The number of aromatic nitrogens is 4. The van der Waals surface area contributed by atoms with Gasteiger partial charge in [0.2, 0.25) is 5.91 Å². The summed E-state index contributed by atoms with van der Waals surface area (Å²) in [6.45, 7) is 3.52. The van der Waals surface area contributed by atoms with E-state index in [1.54, 1.807) is 12.4 Å². The lowest BCUT2D eigenvalue weighted by atomic mass is 9.96. The third-order valence-corrected chi connectivity index (χ3v) is 5.82. The number of nitrogens with one attached hydrogen (secondary N) is 1. The smallest absolute Gasteiger partial charge is 0.228 e. The van der Waals surface area contributed by atoms with E-state index in [1.165, 1.54) is 11.3 Å². The molecule has 9 heteroatoms. The van der Waals surface area contributed by atoms with Crippen LogP contribution in [0.4, 0.5) is 10.2 Å². The fraction of sp³-hybridized carbons (Fsp3) is 0.421. The molecule has 1 amide bonds. The highest BCUT2D eigenvalue weighted by atomic mass is 32.1. The van der Waals surface area contributed by atoms with E-state index < -0.39 is 0 Å². The number of carbonyl (C=O) groups is 1. The molecule has 0 saturated carbocycles. The third kappa shape index (κ3) is 4.15. The minimum absolute atomic E-state index is 0.0271. The largest absolute Gasteiger partial charge is 0.310 e. The van der Waals surface area contributed by atoms with Crippen LogP contribution in [0.1, 0.15) is 17.8 Å². The van der Waals surface area contributed by atoms with E-state index in [0.29, 0.717) is 12.4 Å². The molecule has 4 rings (SSSR count). The van der Waals surface area contributed by atoms with Gasteiger partial charge >= 0.3 is 0 Å². The molecule has 1 N–H and O–H groups in total. The number of amides is 1. The number of nitrogens with zero attached hydrogens (tertiary/aromatic N) is 5. The summed E-state index contributed by atoms with van der Waals surface area (Å²) in [5.41, 5.74) is 0.752. The molecule has 0 radical (unpaired) electrons. The van der Waals surface area contributed by atoms with E-state index in [-0.39, 0.29) is 18.5 Å². The molecule has 0 aliphatic carbocycles. The Labute approximate surface area is 166 Å². The number of piperidine rings is 1. The number of hydrogen-bond donors (Lipinski definition) is 1. The first kappa shape index (κ1) is 18.8.